The van der Waals surface area contributed by atoms with Crippen LogP contribution in [0.2, 0.25) is 0 Å². The number of nitrogens with one attached hydrogen (secondary N) is 2. The van der Waals surface area contributed by atoms with E-state index in [0.29, 0.717) is 12.6 Å². The fourth-order valence-electron chi connectivity index (χ4n) is 2.79. The zero-order valence-electron chi connectivity index (χ0n) is 14.6. The summed E-state index contributed by atoms with van der Waals surface area (Å²) in [4.78, 5) is 20.7. The first kappa shape index (κ1) is 17.0. The third-order valence-electron chi connectivity index (χ3n) is 4.24. The number of H-pyrrole nitrogens is 1. The van der Waals surface area contributed by atoms with Gasteiger partial charge in [-0.25, -0.2) is 4.98 Å². The highest BCUT2D eigenvalue weighted by Crippen LogP contribution is 2.36. The maximum Gasteiger partial charge on any atom is 0.238 e. The van der Waals surface area contributed by atoms with Crippen LogP contribution in [0.15, 0.2) is 53.7 Å². The van der Waals surface area contributed by atoms with E-state index < -0.39 is 0 Å². The topological polar surface area (TPSA) is 67.0 Å². The molecule has 2 N–H and O–H groups in total. The molecule has 0 unspecified atom stereocenters. The molecular weight excluding hydrogens is 346 g/mol. The highest BCUT2D eigenvalue weighted by atomic mass is 32.2. The Hall–Kier alpha value is -2.47. The van der Waals surface area contributed by atoms with Gasteiger partial charge in [-0.1, -0.05) is 42.1 Å². The van der Waals surface area contributed by atoms with Crippen LogP contribution in [0.5, 0.6) is 5.75 Å². The number of rotatable bonds is 7. The average Bonchev–Trinajstić information content (AvgIpc) is 3.37. The van der Waals surface area contributed by atoms with Crippen LogP contribution in [0.1, 0.15) is 30.6 Å². The second kappa shape index (κ2) is 7.41. The lowest BCUT2D eigenvalue weighted by Gasteiger charge is -2.15. The van der Waals surface area contributed by atoms with Gasteiger partial charge in [0.25, 0.3) is 0 Å². The number of imidazole rings is 1. The molecule has 134 valence electrons. The average molecular weight is 367 g/mol. The van der Waals surface area contributed by atoms with Crippen LogP contribution >= 0.6 is 11.8 Å². The molecule has 1 heterocycles. The predicted octanol–water partition coefficient (Wildman–Crippen LogP) is 4.07. The summed E-state index contributed by atoms with van der Waals surface area (Å²) < 4.78 is 5.54. The molecule has 1 aliphatic carbocycles. The van der Waals surface area contributed by atoms with E-state index in [1.165, 1.54) is 11.8 Å². The molecule has 0 bridgehead atoms. The number of carbonyl (C=O) groups excluding carboxylic acids is 1. The first-order valence-electron chi connectivity index (χ1n) is 8.87. The van der Waals surface area contributed by atoms with Gasteiger partial charge < -0.3 is 15.0 Å². The van der Waals surface area contributed by atoms with Crippen molar-refractivity contribution >= 4 is 28.7 Å². The Balaban J connectivity index is 1.60. The number of hydrogen-bond donors (Lipinski definition) is 2. The quantitative estimate of drug-likeness (QED) is 0.618. The molecule has 4 rings (SSSR count). The van der Waals surface area contributed by atoms with Crippen molar-refractivity contribution in [2.45, 2.75) is 36.2 Å². The van der Waals surface area contributed by atoms with Crippen molar-refractivity contribution < 1.29 is 9.53 Å². The second-order valence-corrected chi connectivity index (χ2v) is 7.44. The van der Waals surface area contributed by atoms with Gasteiger partial charge in [0.2, 0.25) is 5.91 Å². The zero-order valence-corrected chi connectivity index (χ0v) is 15.4. The highest BCUT2D eigenvalue weighted by molar-refractivity contribution is 8.00. The van der Waals surface area contributed by atoms with E-state index in [2.05, 4.69) is 15.3 Å². The first-order chi connectivity index (χ1) is 12.7. The van der Waals surface area contributed by atoms with Crippen LogP contribution < -0.4 is 10.1 Å². The van der Waals surface area contributed by atoms with Gasteiger partial charge in [0, 0.05) is 12.1 Å². The lowest BCUT2D eigenvalue weighted by Crippen LogP contribution is -2.29. The van der Waals surface area contributed by atoms with Crippen molar-refractivity contribution in [1.29, 1.82) is 0 Å². The van der Waals surface area contributed by atoms with Gasteiger partial charge >= 0.3 is 0 Å². The molecule has 2 aromatic carbocycles. The molecule has 0 spiro atoms. The van der Waals surface area contributed by atoms with E-state index in [9.17, 15) is 4.79 Å². The minimum atomic E-state index is -0.330. The monoisotopic (exact) mass is 367 g/mol. The zero-order chi connectivity index (χ0) is 17.9. The molecule has 6 heteroatoms. The van der Waals surface area contributed by atoms with Crippen LogP contribution in [0.3, 0.4) is 0 Å². The Morgan fingerprint density at radius 2 is 2.12 bits per heavy atom. The highest BCUT2D eigenvalue weighted by Gasteiger charge is 2.29. The number of thioether (sulfide) groups is 1. The van der Waals surface area contributed by atoms with Crippen LogP contribution in [0.25, 0.3) is 11.0 Å². The number of amides is 1. The Labute approximate surface area is 156 Å². The number of aromatic nitrogens is 2. The summed E-state index contributed by atoms with van der Waals surface area (Å²) in [5.41, 5.74) is 2.75. The van der Waals surface area contributed by atoms with Gasteiger partial charge in [-0.3, -0.25) is 4.79 Å². The Kier molecular flexibility index (Phi) is 4.84. The third kappa shape index (κ3) is 3.85. The van der Waals surface area contributed by atoms with Gasteiger partial charge in [-0.15, -0.1) is 0 Å². The molecule has 1 atom stereocenters. The molecule has 26 heavy (non-hydrogen) atoms. The van der Waals surface area contributed by atoms with Crippen LogP contribution in [-0.2, 0) is 4.79 Å². The molecule has 1 saturated carbocycles. The van der Waals surface area contributed by atoms with Crippen molar-refractivity contribution in [3.8, 4) is 5.75 Å². The molecule has 0 aliphatic heterocycles. The van der Waals surface area contributed by atoms with E-state index in [4.69, 9.17) is 4.74 Å². The van der Waals surface area contributed by atoms with E-state index in [0.717, 1.165) is 40.3 Å². The largest absolute Gasteiger partial charge is 0.494 e. The Bertz CT molecular complexity index is 906. The van der Waals surface area contributed by atoms with Gasteiger partial charge in [0.1, 0.15) is 11.0 Å². The minimum absolute atomic E-state index is 0.0409. The number of ether oxygens (including phenoxy) is 1. The minimum Gasteiger partial charge on any atom is -0.494 e. The summed E-state index contributed by atoms with van der Waals surface area (Å²) in [6.45, 7) is 2.58. The molecular formula is C20H21N3O2S. The number of benzene rings is 2. The van der Waals surface area contributed by atoms with Crippen LogP contribution in [0, 0.1) is 0 Å². The summed E-state index contributed by atoms with van der Waals surface area (Å²) in [5.74, 6) is 0.852. The smallest absolute Gasteiger partial charge is 0.238 e. The summed E-state index contributed by atoms with van der Waals surface area (Å²) >= 11 is 1.45. The molecule has 1 aromatic heterocycles. The number of hydrogen-bond acceptors (Lipinski definition) is 4. The molecule has 1 aliphatic rings. The standard InChI is InChI=1S/C20H21N3O2S/c1-2-25-15-10-11-16-17(12-15)23-20(22-16)26-18(13-6-4-3-5-7-13)19(24)21-14-8-9-14/h3-7,10-12,14,18H,2,8-9H2,1H3,(H,21,24)(H,22,23)/t18-/m1/s1. The molecule has 0 saturated heterocycles. The summed E-state index contributed by atoms with van der Waals surface area (Å²) in [6.07, 6.45) is 2.14. The van der Waals surface area contributed by atoms with E-state index >= 15 is 0 Å². The summed E-state index contributed by atoms with van der Waals surface area (Å²) in [7, 11) is 0. The van der Waals surface area contributed by atoms with Gasteiger partial charge in [-0.2, -0.15) is 0 Å². The van der Waals surface area contributed by atoms with E-state index in [1.807, 2.05) is 55.5 Å². The van der Waals surface area contributed by atoms with E-state index in [1.54, 1.807) is 0 Å². The normalized spacial score (nSPS) is 15.0. The maximum atomic E-state index is 12.8. The fraction of sp³-hybridized carbons (Fsp3) is 0.300. The molecule has 1 amide bonds. The Morgan fingerprint density at radius 1 is 1.31 bits per heavy atom. The first-order valence-corrected chi connectivity index (χ1v) is 9.75. The lowest BCUT2D eigenvalue weighted by atomic mass is 10.1. The number of carbonyl (C=O) groups is 1. The third-order valence-corrected chi connectivity index (χ3v) is 5.37. The van der Waals surface area contributed by atoms with Gasteiger partial charge in [0.15, 0.2) is 5.16 Å². The Morgan fingerprint density at radius 3 is 2.85 bits per heavy atom. The molecule has 3 aromatic rings. The lowest BCUT2D eigenvalue weighted by molar-refractivity contribution is -0.120. The van der Waals surface area contributed by atoms with Crippen LogP contribution in [-0.4, -0.2) is 28.5 Å². The van der Waals surface area contributed by atoms with Crippen molar-refractivity contribution in [3.05, 3.63) is 54.1 Å². The molecule has 5 nitrogen and oxygen atoms in total. The van der Waals surface area contributed by atoms with Crippen molar-refractivity contribution in [2.75, 3.05) is 6.61 Å². The van der Waals surface area contributed by atoms with E-state index in [-0.39, 0.29) is 11.2 Å². The molecule has 1 fully saturated rings. The number of nitrogens with zero attached hydrogens (tertiary/aromatic N) is 1. The predicted molar refractivity (Wildman–Crippen MR) is 103 cm³/mol. The van der Waals surface area contributed by atoms with Crippen molar-refractivity contribution in [1.82, 2.24) is 15.3 Å². The summed E-state index contributed by atoms with van der Waals surface area (Å²) in [6, 6.07) is 16.0. The molecule has 0 radical (unpaired) electrons. The second-order valence-electron chi connectivity index (χ2n) is 6.35. The maximum absolute atomic E-state index is 12.8. The SMILES string of the molecule is CCOc1ccc2nc(S[C@@H](C(=O)NC3CC3)c3ccccc3)[nH]c2c1. The van der Waals surface area contributed by atoms with Crippen molar-refractivity contribution in [2.24, 2.45) is 0 Å². The fourth-order valence-corrected chi connectivity index (χ4v) is 3.81. The van der Waals surface area contributed by atoms with Gasteiger partial charge in [-0.05, 0) is 37.5 Å². The van der Waals surface area contributed by atoms with Crippen LogP contribution in [0.4, 0.5) is 0 Å². The van der Waals surface area contributed by atoms with Gasteiger partial charge in [0.05, 0.1) is 17.6 Å². The number of aromatic amines is 1. The summed E-state index contributed by atoms with van der Waals surface area (Å²) in [5, 5.41) is 3.51. The van der Waals surface area contributed by atoms with Crippen molar-refractivity contribution in [3.63, 3.8) is 0 Å². The number of fused-ring (bicyclic) bond motifs is 1.